The van der Waals surface area contributed by atoms with Crippen LogP contribution in [0.5, 0.6) is 0 Å². The van der Waals surface area contributed by atoms with Gasteiger partial charge in [-0.2, -0.15) is 0 Å². The second-order valence-corrected chi connectivity index (χ2v) is 9.77. The number of hydrogen-bond acceptors (Lipinski definition) is 1. The summed E-state index contributed by atoms with van der Waals surface area (Å²) in [7, 11) is -2.70. The predicted molar refractivity (Wildman–Crippen MR) is 91.6 cm³/mol. The van der Waals surface area contributed by atoms with Gasteiger partial charge >= 0.3 is 0 Å². The van der Waals surface area contributed by atoms with Crippen LogP contribution in [-0.4, -0.2) is 18.6 Å². The van der Waals surface area contributed by atoms with E-state index in [1.807, 2.05) is 60.7 Å². The fourth-order valence-electron chi connectivity index (χ4n) is 2.39. The molecule has 4 heteroatoms. The molecule has 0 atom stereocenters. The third-order valence-corrected chi connectivity index (χ3v) is 7.98. The topological polar surface area (TPSA) is 51.7 Å². The van der Waals surface area contributed by atoms with Gasteiger partial charge in [0.15, 0.2) is 0 Å². The quantitative estimate of drug-likeness (QED) is 0.356. The average molecular weight is 537 g/mol. The number of terminal acetylenes is 1. The maximum Gasteiger partial charge on any atom is 0.258 e. The van der Waals surface area contributed by atoms with Gasteiger partial charge in [0.1, 0.15) is 0 Å². The average Bonchev–Trinajstić information content (AvgIpc) is 2.49. The molecule has 3 N–H and O–H groups in total. The Morgan fingerprint density at radius 3 is 1.32 bits per heavy atom. The molecule has 0 bridgehead atoms. The Morgan fingerprint density at radius 1 is 0.818 bits per heavy atom. The maximum atomic E-state index is 11.4. The molecule has 0 aromatic heterocycles. The molecule has 2 rings (SSSR count). The SMILES string of the molecule is CC(C)(C)[Si](O)(c1ccccc1)c1ccccc1.O.[C-]#C.[U]. The van der Waals surface area contributed by atoms with Crippen LogP contribution in [-0.2, 0) is 0 Å². The smallest absolute Gasteiger partial charge is 0.258 e. The van der Waals surface area contributed by atoms with Gasteiger partial charge in [-0.05, 0) is 15.4 Å². The zero-order valence-corrected chi connectivity index (χ0v) is 18.5. The van der Waals surface area contributed by atoms with Crippen molar-refractivity contribution in [3.8, 4) is 6.42 Å². The maximum absolute atomic E-state index is 11.4. The molecule has 0 heterocycles. The van der Waals surface area contributed by atoms with Crippen molar-refractivity contribution in [2.24, 2.45) is 0 Å². The van der Waals surface area contributed by atoms with Gasteiger partial charge in [-0.1, -0.05) is 81.4 Å². The van der Waals surface area contributed by atoms with Gasteiger partial charge in [-0.15, -0.1) is 0 Å². The van der Waals surface area contributed by atoms with Crippen molar-refractivity contribution >= 4 is 18.7 Å². The standard InChI is InChI=1S/C16H20OSi.C2H.H2O.U/c1-16(2,3)18(17,14-10-6-4-7-11-14)15-12-8-5-9-13-15;1-2;;/h4-13,17H,1-3H3;1H;1H2;/q;-1;;. The van der Waals surface area contributed by atoms with Crippen LogP contribution < -0.4 is 10.4 Å². The monoisotopic (exact) mass is 537 g/mol. The molecule has 0 aliphatic carbocycles. The van der Waals surface area contributed by atoms with Crippen molar-refractivity contribution in [2.75, 3.05) is 0 Å². The van der Waals surface area contributed by atoms with Gasteiger partial charge in [-0.3, -0.25) is 0 Å². The molecule has 2 aromatic carbocycles. The van der Waals surface area contributed by atoms with E-state index < -0.39 is 8.32 Å². The van der Waals surface area contributed by atoms with Gasteiger partial charge in [0.25, 0.3) is 8.32 Å². The third kappa shape index (κ3) is 4.85. The summed E-state index contributed by atoms with van der Waals surface area (Å²) in [5.74, 6) is 0. The Labute approximate surface area is 158 Å². The van der Waals surface area contributed by atoms with Gasteiger partial charge in [0, 0.05) is 31.1 Å². The summed E-state index contributed by atoms with van der Waals surface area (Å²) in [5.41, 5.74) is 0. The summed E-state index contributed by atoms with van der Waals surface area (Å²) >= 11 is 0. The normalized spacial score (nSPS) is 10.3. The van der Waals surface area contributed by atoms with Crippen LogP contribution in [0, 0.1) is 44.0 Å². The van der Waals surface area contributed by atoms with Crippen LogP contribution in [0.3, 0.4) is 0 Å². The minimum Gasteiger partial charge on any atom is -0.697 e. The number of rotatable bonds is 2. The summed E-state index contributed by atoms with van der Waals surface area (Å²) in [6.07, 6.45) is 9.00. The first-order chi connectivity index (χ1) is 9.46. The minimum atomic E-state index is -2.70. The Hall–Kier alpha value is -0.811. The van der Waals surface area contributed by atoms with Crippen molar-refractivity contribution in [2.45, 2.75) is 25.8 Å². The van der Waals surface area contributed by atoms with E-state index in [9.17, 15) is 4.80 Å². The van der Waals surface area contributed by atoms with E-state index in [0.717, 1.165) is 10.4 Å². The molecule has 0 aliphatic heterocycles. The zero-order valence-electron chi connectivity index (χ0n) is 13.3. The van der Waals surface area contributed by atoms with Crippen molar-refractivity contribution in [3.63, 3.8) is 0 Å². The van der Waals surface area contributed by atoms with E-state index in [-0.39, 0.29) is 41.6 Å². The summed E-state index contributed by atoms with van der Waals surface area (Å²) < 4.78 is 0. The minimum absolute atomic E-state index is 0. The van der Waals surface area contributed by atoms with E-state index in [0.29, 0.717) is 0 Å². The fraction of sp³-hybridized carbons (Fsp3) is 0.222. The zero-order chi connectivity index (χ0) is 15.2. The second-order valence-electron chi connectivity index (χ2n) is 5.69. The van der Waals surface area contributed by atoms with E-state index in [4.69, 9.17) is 6.42 Å². The molecule has 0 unspecified atom stereocenters. The summed E-state index contributed by atoms with van der Waals surface area (Å²) in [6.45, 7) is 6.37. The molecule has 22 heavy (non-hydrogen) atoms. The first kappa shape index (κ1) is 23.5. The molecule has 0 aliphatic rings. The molecular formula is C18H23O2SiU-. The van der Waals surface area contributed by atoms with Crippen molar-refractivity contribution in [1.29, 1.82) is 0 Å². The van der Waals surface area contributed by atoms with E-state index in [1.54, 1.807) is 0 Å². The molecule has 0 spiro atoms. The van der Waals surface area contributed by atoms with Crippen LogP contribution in [0.4, 0.5) is 0 Å². The van der Waals surface area contributed by atoms with Crippen molar-refractivity contribution in [1.82, 2.24) is 0 Å². The molecule has 116 valence electrons. The molecule has 0 amide bonds. The Balaban J connectivity index is 0. The molecule has 0 saturated heterocycles. The third-order valence-electron chi connectivity index (χ3n) is 3.47. The van der Waals surface area contributed by atoms with Gasteiger partial charge in [0.05, 0.1) is 0 Å². The van der Waals surface area contributed by atoms with Crippen molar-refractivity contribution in [3.05, 3.63) is 67.1 Å². The predicted octanol–water partition coefficient (Wildman–Crippen LogP) is 1.92. The number of hydrogen-bond donors (Lipinski definition) is 1. The molecule has 0 radical (unpaired) electrons. The summed E-state index contributed by atoms with van der Waals surface area (Å²) in [6, 6.07) is 20.2. The first-order valence-electron chi connectivity index (χ1n) is 6.58. The summed E-state index contributed by atoms with van der Waals surface area (Å²) in [4.78, 5) is 11.4. The first-order valence-corrected chi connectivity index (χ1v) is 8.53. The van der Waals surface area contributed by atoms with Crippen LogP contribution in [0.2, 0.25) is 5.04 Å². The molecule has 2 aromatic rings. The Bertz CT molecular complexity index is 508. The number of benzene rings is 2. The van der Waals surface area contributed by atoms with Gasteiger partial charge in [-0.25, -0.2) is 0 Å². The van der Waals surface area contributed by atoms with E-state index in [2.05, 4.69) is 27.2 Å². The van der Waals surface area contributed by atoms with E-state index in [1.165, 1.54) is 0 Å². The van der Waals surface area contributed by atoms with Crippen molar-refractivity contribution < 1.29 is 41.4 Å². The Kier molecular flexibility index (Phi) is 10.7. The molecule has 0 saturated carbocycles. The second kappa shape index (κ2) is 10.1. The van der Waals surface area contributed by atoms with Crippen LogP contribution in [0.15, 0.2) is 60.7 Å². The molecular weight excluding hydrogens is 514 g/mol. The largest absolute Gasteiger partial charge is 0.697 e. The molecule has 2 nitrogen and oxygen atoms in total. The van der Waals surface area contributed by atoms with Crippen LogP contribution >= 0.6 is 0 Å². The van der Waals surface area contributed by atoms with Crippen LogP contribution in [0.25, 0.3) is 0 Å². The van der Waals surface area contributed by atoms with Crippen LogP contribution in [0.1, 0.15) is 20.8 Å². The van der Waals surface area contributed by atoms with Gasteiger partial charge < -0.3 is 23.1 Å². The Morgan fingerprint density at radius 2 is 1.09 bits per heavy atom. The summed E-state index contributed by atoms with van der Waals surface area (Å²) in [5, 5.41) is 2.00. The van der Waals surface area contributed by atoms with Gasteiger partial charge in [0.2, 0.25) is 0 Å². The van der Waals surface area contributed by atoms with E-state index >= 15 is 0 Å². The fourth-order valence-corrected chi connectivity index (χ4v) is 5.81. The molecule has 0 fully saturated rings.